The van der Waals surface area contributed by atoms with Crippen molar-refractivity contribution in [2.75, 3.05) is 26.9 Å². The molecule has 394 valence electrons. The summed E-state index contributed by atoms with van der Waals surface area (Å²) in [5.41, 5.74) is 2.52. The van der Waals surface area contributed by atoms with Crippen molar-refractivity contribution in [3.8, 4) is 0 Å². The van der Waals surface area contributed by atoms with Crippen LogP contribution in [0.1, 0.15) is 208 Å². The van der Waals surface area contributed by atoms with Gasteiger partial charge in [-0.2, -0.15) is 0 Å². The summed E-state index contributed by atoms with van der Waals surface area (Å²) in [6, 6.07) is 0. The second-order valence-corrected chi connectivity index (χ2v) is 30.2. The summed E-state index contributed by atoms with van der Waals surface area (Å²) in [6.07, 6.45) is 0. The molecule has 65 heavy (non-hydrogen) atoms. The van der Waals surface area contributed by atoms with Gasteiger partial charge in [0.1, 0.15) is 5.60 Å². The van der Waals surface area contributed by atoms with Crippen molar-refractivity contribution < 1.29 is 65.3 Å². The van der Waals surface area contributed by atoms with Gasteiger partial charge in [-0.05, 0) is 187 Å². The Kier molecular flexibility index (Phi) is 35.5. The Morgan fingerprint density at radius 1 is 0.492 bits per heavy atom. The van der Waals surface area contributed by atoms with E-state index in [2.05, 4.69) is 4.74 Å². The predicted molar refractivity (Wildman–Crippen MR) is 268 cm³/mol. The number of carboxylic acid groups (broad SMARTS) is 1. The number of sulfone groups is 1. The Morgan fingerprint density at radius 2 is 0.754 bits per heavy atom. The first kappa shape index (κ1) is 76.7. The standard InChI is InChI=1S/C9H18O2.C8H19O3P.C8H18O2S.C7H14O2.C6H12O2.C5H11NO.C5H10O2/c1-8(2,3)7(10)11-9(4,5)6;1-6-10-12(9,11-7-2)8(3,4)5;1-7(2,3)11(9,10)8(4,5)6;1-5-9-6(8)7(2,3)4;1-6(2,3)5(7)8-4;2*1-5(2,3)4(6)7/h1-6H3;6-7H2,1-5H3;1-6H3;5H2,1-4H3;1-4H3;1-3H3,(H2,6,7);1-3H3,(H,6,7). The minimum absolute atomic E-state index is 0.134. The molecule has 0 spiro atoms. The highest BCUT2D eigenvalue weighted by Gasteiger charge is 2.40. The number of carbonyl (C=O) groups is 5. The number of esters is 3. The van der Waals surface area contributed by atoms with Crippen molar-refractivity contribution in [3.63, 3.8) is 0 Å². The molecule has 0 aliphatic rings. The molecular weight excluding hydrogens is 878 g/mol. The van der Waals surface area contributed by atoms with Gasteiger partial charge in [0.2, 0.25) is 5.91 Å². The number of amides is 1. The average Bonchev–Trinajstić information content (AvgIpc) is 3.02. The first-order valence-electron chi connectivity index (χ1n) is 22.0. The summed E-state index contributed by atoms with van der Waals surface area (Å²) in [5, 5.41) is 7.82. The van der Waals surface area contributed by atoms with Crippen LogP contribution in [0.15, 0.2) is 0 Å². The zero-order valence-electron chi connectivity index (χ0n) is 47.3. The maximum absolute atomic E-state index is 12.0. The third kappa shape index (κ3) is 41.4. The van der Waals surface area contributed by atoms with E-state index in [9.17, 15) is 37.0 Å². The summed E-state index contributed by atoms with van der Waals surface area (Å²) in [7, 11) is -4.52. The minimum Gasteiger partial charge on any atom is -0.481 e. The van der Waals surface area contributed by atoms with Gasteiger partial charge in [0.25, 0.3) is 0 Å². The minimum atomic E-state index is -3.01. The molecule has 0 aliphatic carbocycles. The van der Waals surface area contributed by atoms with Crippen LogP contribution in [0.3, 0.4) is 0 Å². The lowest BCUT2D eigenvalue weighted by atomic mass is 9.96. The lowest BCUT2D eigenvalue weighted by Gasteiger charge is -2.29. The number of carboxylic acids is 1. The van der Waals surface area contributed by atoms with Gasteiger partial charge in [-0.1, -0.05) is 20.8 Å². The monoisotopic (exact) mass is 980 g/mol. The van der Waals surface area contributed by atoms with Gasteiger partial charge >= 0.3 is 31.5 Å². The normalized spacial score (nSPS) is 12.5. The van der Waals surface area contributed by atoms with Crippen LogP contribution in [0.2, 0.25) is 0 Å². The SMILES string of the molecule is CC(C)(C)C(=O)O.CC(C)(C)C(N)=O.CC(C)(C)OC(=O)C(C)(C)C.CC(C)(C)S(=O)(=O)C(C)(C)C.CCOC(=O)C(C)(C)C.CCOP(=O)(OCC)C(C)(C)C.COC(=O)C(C)(C)C. The van der Waals surface area contributed by atoms with Crippen molar-refractivity contribution in [3.05, 3.63) is 0 Å². The molecule has 0 rings (SSSR count). The largest absolute Gasteiger partial charge is 0.481 e. The highest BCUT2D eigenvalue weighted by molar-refractivity contribution is 7.94. The smallest absolute Gasteiger partial charge is 0.335 e. The van der Waals surface area contributed by atoms with Gasteiger partial charge in [0.05, 0.1) is 63.2 Å². The van der Waals surface area contributed by atoms with Crippen molar-refractivity contribution in [1.29, 1.82) is 0 Å². The molecule has 1 amide bonds. The maximum Gasteiger partial charge on any atom is 0.335 e. The molecule has 0 unspecified atom stereocenters. The number of carbonyl (C=O) groups excluding carboxylic acids is 4. The van der Waals surface area contributed by atoms with Crippen LogP contribution in [0, 0.1) is 27.1 Å². The number of hydrogen-bond acceptors (Lipinski definition) is 13. The third-order valence-electron chi connectivity index (χ3n) is 7.11. The molecular formula is C48H102NO14PS. The summed E-state index contributed by atoms with van der Waals surface area (Å²) >= 11 is 0. The van der Waals surface area contributed by atoms with Crippen molar-refractivity contribution >= 4 is 47.2 Å². The molecule has 0 aliphatic heterocycles. The number of ether oxygens (including phenoxy) is 3. The lowest BCUT2D eigenvalue weighted by Crippen LogP contribution is -2.41. The Hall–Kier alpha value is -2.55. The van der Waals surface area contributed by atoms with Crippen LogP contribution < -0.4 is 5.73 Å². The second kappa shape index (κ2) is 30.0. The molecule has 15 nitrogen and oxygen atoms in total. The molecule has 0 saturated heterocycles. The number of primary amides is 1. The predicted octanol–water partition coefficient (Wildman–Crippen LogP) is 11.9. The van der Waals surface area contributed by atoms with Crippen molar-refractivity contribution in [2.24, 2.45) is 32.8 Å². The van der Waals surface area contributed by atoms with Gasteiger partial charge in [0, 0.05) is 5.41 Å². The number of nitrogens with two attached hydrogens (primary N) is 1. The molecule has 3 N–H and O–H groups in total. The molecule has 0 atom stereocenters. The maximum atomic E-state index is 12.0. The van der Waals surface area contributed by atoms with E-state index in [1.54, 1.807) is 83.1 Å². The lowest BCUT2D eigenvalue weighted by molar-refractivity contribution is -0.164. The molecule has 0 aromatic rings. The Bertz CT molecular complexity index is 1490. The molecule has 0 fully saturated rings. The summed E-state index contributed by atoms with van der Waals surface area (Å²) < 4.78 is 58.8. The molecule has 0 aromatic carbocycles. The van der Waals surface area contributed by atoms with Gasteiger partial charge < -0.3 is 34.1 Å². The Morgan fingerprint density at radius 3 is 0.815 bits per heavy atom. The molecule has 0 bridgehead atoms. The second-order valence-electron chi connectivity index (χ2n) is 23.9. The zero-order valence-corrected chi connectivity index (χ0v) is 49.0. The summed E-state index contributed by atoms with van der Waals surface area (Å²) in [5.74, 6) is -1.47. The van der Waals surface area contributed by atoms with E-state index in [-0.39, 0.29) is 45.7 Å². The highest BCUT2D eigenvalue weighted by atomic mass is 32.2. The molecule has 0 aromatic heterocycles. The van der Waals surface area contributed by atoms with E-state index in [1.165, 1.54) is 7.11 Å². The number of methoxy groups -OCH3 is 1. The van der Waals surface area contributed by atoms with Crippen molar-refractivity contribution in [2.45, 2.75) is 228 Å². The van der Waals surface area contributed by atoms with Gasteiger partial charge in [-0.15, -0.1) is 0 Å². The zero-order chi connectivity index (χ0) is 55.0. The van der Waals surface area contributed by atoms with E-state index >= 15 is 0 Å². The van der Waals surface area contributed by atoms with E-state index in [0.717, 1.165) is 0 Å². The third-order valence-corrected chi connectivity index (χ3v) is 13.2. The van der Waals surface area contributed by atoms with Crippen LogP contribution in [0.4, 0.5) is 0 Å². The first-order chi connectivity index (χ1) is 27.8. The van der Waals surface area contributed by atoms with E-state index in [4.69, 9.17) is 29.4 Å². The fourth-order valence-corrected chi connectivity index (χ4v) is 6.13. The van der Waals surface area contributed by atoms with Gasteiger partial charge in [-0.25, -0.2) is 8.42 Å². The Balaban J connectivity index is -0.000000122. The van der Waals surface area contributed by atoms with E-state index < -0.39 is 48.9 Å². The van der Waals surface area contributed by atoms with Crippen LogP contribution in [-0.4, -0.2) is 90.5 Å². The van der Waals surface area contributed by atoms with Crippen LogP contribution >= 0.6 is 7.60 Å². The van der Waals surface area contributed by atoms with Gasteiger partial charge in [-0.3, -0.25) is 28.5 Å². The van der Waals surface area contributed by atoms with E-state index in [0.29, 0.717) is 19.8 Å². The molecule has 0 radical (unpaired) electrons. The summed E-state index contributed by atoms with van der Waals surface area (Å²) in [4.78, 5) is 53.0. The topological polar surface area (TPSA) is 229 Å². The molecule has 17 heteroatoms. The molecule has 0 saturated carbocycles. The van der Waals surface area contributed by atoms with Crippen LogP contribution in [0.25, 0.3) is 0 Å². The molecule has 0 heterocycles. The average molecular weight is 980 g/mol. The fourth-order valence-electron chi connectivity index (χ4n) is 2.77. The number of aliphatic carboxylic acids is 1. The number of rotatable bonds is 5. The van der Waals surface area contributed by atoms with Crippen LogP contribution in [0.5, 0.6) is 0 Å². The van der Waals surface area contributed by atoms with E-state index in [1.807, 2.05) is 125 Å². The quantitative estimate of drug-likeness (QED) is 0.148. The number of hydrogen-bond donors (Lipinski definition) is 2. The summed E-state index contributed by atoms with van der Waals surface area (Å²) in [6.45, 7) is 55.2. The Labute approximate surface area is 399 Å². The van der Waals surface area contributed by atoms with Gasteiger partial charge in [0.15, 0.2) is 9.84 Å². The highest BCUT2D eigenvalue weighted by Crippen LogP contribution is 2.59. The first-order valence-corrected chi connectivity index (χ1v) is 25.0. The fraction of sp³-hybridized carbons (Fsp3) is 0.896. The van der Waals surface area contributed by atoms with Crippen LogP contribution in [-0.2, 0) is 61.6 Å². The van der Waals surface area contributed by atoms with Crippen molar-refractivity contribution in [1.82, 2.24) is 0 Å².